The van der Waals surface area contributed by atoms with Gasteiger partial charge < -0.3 is 0 Å². The van der Waals surface area contributed by atoms with Crippen molar-refractivity contribution < 1.29 is 4.39 Å². The van der Waals surface area contributed by atoms with Gasteiger partial charge in [0.2, 0.25) is 0 Å². The lowest BCUT2D eigenvalue weighted by atomic mass is 10.1. The zero-order chi connectivity index (χ0) is 14.6. The highest BCUT2D eigenvalue weighted by Gasteiger charge is 2.22. The average molecular weight is 319 g/mol. The van der Waals surface area contributed by atoms with Crippen molar-refractivity contribution in [3.8, 4) is 11.4 Å². The topological polar surface area (TPSA) is 25.8 Å². The number of hydrogen-bond donors (Lipinski definition) is 0. The van der Waals surface area contributed by atoms with Gasteiger partial charge in [0.05, 0.1) is 5.39 Å². The van der Waals surface area contributed by atoms with E-state index >= 15 is 0 Å². The largest absolute Gasteiger partial charge is 0.217 e. The van der Waals surface area contributed by atoms with Crippen molar-refractivity contribution in [1.82, 2.24) is 9.97 Å². The van der Waals surface area contributed by atoms with Crippen LogP contribution in [0.4, 0.5) is 4.39 Å². The Labute approximate surface area is 130 Å². The second-order valence-electron chi connectivity index (χ2n) is 5.33. The van der Waals surface area contributed by atoms with E-state index in [1.807, 2.05) is 6.92 Å². The molecule has 1 aromatic carbocycles. The molecule has 21 heavy (non-hydrogen) atoms. The van der Waals surface area contributed by atoms with Gasteiger partial charge in [0, 0.05) is 10.4 Å². The summed E-state index contributed by atoms with van der Waals surface area (Å²) < 4.78 is 13.5. The fourth-order valence-electron chi connectivity index (χ4n) is 2.91. The molecule has 0 saturated heterocycles. The van der Waals surface area contributed by atoms with Gasteiger partial charge in [0.15, 0.2) is 5.82 Å². The molecule has 0 spiro atoms. The lowest BCUT2D eigenvalue weighted by molar-refractivity contribution is 0.628. The number of nitrogens with zero attached hydrogens (tertiary/aromatic N) is 2. The third-order valence-corrected chi connectivity index (χ3v) is 5.42. The molecule has 1 aliphatic rings. The van der Waals surface area contributed by atoms with E-state index in [0.717, 1.165) is 28.6 Å². The first kappa shape index (κ1) is 13.2. The van der Waals surface area contributed by atoms with E-state index in [2.05, 4.69) is 9.97 Å². The SMILES string of the molecule is Cc1ccc(F)cc1-c1nc(Cl)c2c3c(sc2n1)CCC3. The fraction of sp³-hybridized carbons (Fsp3) is 0.250. The maximum atomic E-state index is 13.5. The summed E-state index contributed by atoms with van der Waals surface area (Å²) in [5.74, 6) is 0.216. The summed E-state index contributed by atoms with van der Waals surface area (Å²) in [6.07, 6.45) is 3.33. The number of aryl methyl sites for hydroxylation is 3. The Bertz CT molecular complexity index is 872. The smallest absolute Gasteiger partial charge is 0.162 e. The Kier molecular flexibility index (Phi) is 2.98. The highest BCUT2D eigenvalue weighted by atomic mass is 35.5. The van der Waals surface area contributed by atoms with E-state index in [1.165, 1.54) is 29.0 Å². The number of hydrogen-bond acceptors (Lipinski definition) is 3. The second-order valence-corrected chi connectivity index (χ2v) is 6.78. The van der Waals surface area contributed by atoms with Gasteiger partial charge in [-0.05, 0) is 49.4 Å². The van der Waals surface area contributed by atoms with Gasteiger partial charge in [-0.15, -0.1) is 11.3 Å². The third-order valence-electron chi connectivity index (χ3n) is 3.96. The molecule has 2 nitrogen and oxygen atoms in total. The molecule has 0 saturated carbocycles. The highest BCUT2D eigenvalue weighted by Crippen LogP contribution is 2.40. The van der Waals surface area contributed by atoms with E-state index in [0.29, 0.717) is 16.5 Å². The first-order chi connectivity index (χ1) is 10.1. The Hall–Kier alpha value is -1.52. The molecular formula is C16H12ClFN2S. The molecular weight excluding hydrogens is 307 g/mol. The van der Waals surface area contributed by atoms with Gasteiger partial charge in [-0.3, -0.25) is 0 Å². The van der Waals surface area contributed by atoms with Crippen LogP contribution >= 0.6 is 22.9 Å². The number of rotatable bonds is 1. The van der Waals surface area contributed by atoms with E-state index in [4.69, 9.17) is 11.6 Å². The van der Waals surface area contributed by atoms with Gasteiger partial charge in [-0.25, -0.2) is 14.4 Å². The zero-order valence-corrected chi connectivity index (χ0v) is 13.0. The summed E-state index contributed by atoms with van der Waals surface area (Å²) in [5, 5.41) is 1.48. The minimum atomic E-state index is -0.288. The van der Waals surface area contributed by atoms with Crippen molar-refractivity contribution in [3.63, 3.8) is 0 Å². The lowest BCUT2D eigenvalue weighted by Crippen LogP contribution is -1.94. The Morgan fingerprint density at radius 2 is 2.10 bits per heavy atom. The Morgan fingerprint density at radius 1 is 1.24 bits per heavy atom. The molecule has 0 fully saturated rings. The summed E-state index contributed by atoms with van der Waals surface area (Å²) >= 11 is 8.08. The van der Waals surface area contributed by atoms with Crippen LogP contribution in [-0.2, 0) is 12.8 Å². The maximum Gasteiger partial charge on any atom is 0.162 e. The van der Waals surface area contributed by atoms with Gasteiger partial charge >= 0.3 is 0 Å². The van der Waals surface area contributed by atoms with Crippen LogP contribution in [0.3, 0.4) is 0 Å². The van der Waals surface area contributed by atoms with Crippen LogP contribution in [0.15, 0.2) is 18.2 Å². The van der Waals surface area contributed by atoms with E-state index < -0.39 is 0 Å². The molecule has 106 valence electrons. The zero-order valence-electron chi connectivity index (χ0n) is 11.4. The van der Waals surface area contributed by atoms with Crippen LogP contribution in [0.25, 0.3) is 21.6 Å². The van der Waals surface area contributed by atoms with Gasteiger partial charge in [-0.1, -0.05) is 17.7 Å². The van der Waals surface area contributed by atoms with Crippen LogP contribution < -0.4 is 0 Å². The molecule has 0 bridgehead atoms. The van der Waals surface area contributed by atoms with Crippen molar-refractivity contribution in [3.05, 3.63) is 45.2 Å². The molecule has 3 aromatic rings. The third kappa shape index (κ3) is 2.05. The van der Waals surface area contributed by atoms with Crippen LogP contribution in [0.1, 0.15) is 22.4 Å². The normalized spacial score (nSPS) is 13.9. The summed E-state index contributed by atoms with van der Waals surface area (Å²) in [6, 6.07) is 4.65. The quantitative estimate of drug-likeness (QED) is 0.593. The minimum absolute atomic E-state index is 0.288. The standard InChI is InChI=1S/C16H12ClFN2S/c1-8-5-6-9(18)7-11(8)15-19-14(17)13-10-3-2-4-12(10)21-16(13)20-15/h5-7H,2-4H2,1H3. The second kappa shape index (κ2) is 4.75. The number of thiophene rings is 1. The maximum absolute atomic E-state index is 13.5. The van der Waals surface area contributed by atoms with E-state index in [-0.39, 0.29) is 5.82 Å². The predicted octanol–water partition coefficient (Wildman–Crippen LogP) is 4.95. The Morgan fingerprint density at radius 3 is 2.95 bits per heavy atom. The number of benzene rings is 1. The van der Waals surface area contributed by atoms with Crippen LogP contribution in [0.2, 0.25) is 5.15 Å². The minimum Gasteiger partial charge on any atom is -0.217 e. The van der Waals surface area contributed by atoms with Gasteiger partial charge in [-0.2, -0.15) is 0 Å². The van der Waals surface area contributed by atoms with Gasteiger partial charge in [0.25, 0.3) is 0 Å². The molecule has 0 amide bonds. The first-order valence-electron chi connectivity index (χ1n) is 6.88. The monoisotopic (exact) mass is 318 g/mol. The van der Waals surface area contributed by atoms with E-state index in [9.17, 15) is 4.39 Å². The number of fused-ring (bicyclic) bond motifs is 3. The molecule has 0 unspecified atom stereocenters. The summed E-state index contributed by atoms with van der Waals surface area (Å²) in [4.78, 5) is 11.3. The molecule has 4 rings (SSSR count). The van der Waals surface area contributed by atoms with E-state index in [1.54, 1.807) is 17.4 Å². The molecule has 1 aliphatic carbocycles. The molecule has 0 radical (unpaired) electrons. The summed E-state index contributed by atoms with van der Waals surface area (Å²) in [6.45, 7) is 1.92. The molecule has 2 heterocycles. The van der Waals surface area contributed by atoms with Crippen molar-refractivity contribution in [2.75, 3.05) is 0 Å². The molecule has 0 atom stereocenters. The van der Waals surface area contributed by atoms with Crippen molar-refractivity contribution in [2.24, 2.45) is 0 Å². The van der Waals surface area contributed by atoms with Crippen LogP contribution in [0, 0.1) is 12.7 Å². The average Bonchev–Trinajstić information content (AvgIpc) is 3.01. The molecule has 0 aliphatic heterocycles. The molecule has 2 aromatic heterocycles. The number of aromatic nitrogens is 2. The van der Waals surface area contributed by atoms with Crippen molar-refractivity contribution >= 4 is 33.2 Å². The number of halogens is 2. The fourth-order valence-corrected chi connectivity index (χ4v) is 4.51. The van der Waals surface area contributed by atoms with Crippen LogP contribution in [-0.4, -0.2) is 9.97 Å². The lowest BCUT2D eigenvalue weighted by Gasteiger charge is -2.06. The Balaban J connectivity index is 1.97. The van der Waals surface area contributed by atoms with Crippen LogP contribution in [0.5, 0.6) is 0 Å². The van der Waals surface area contributed by atoms with Crippen molar-refractivity contribution in [2.45, 2.75) is 26.2 Å². The highest BCUT2D eigenvalue weighted by molar-refractivity contribution is 7.19. The first-order valence-corrected chi connectivity index (χ1v) is 8.07. The molecule has 0 N–H and O–H groups in total. The van der Waals surface area contributed by atoms with Gasteiger partial charge in [0.1, 0.15) is 15.8 Å². The van der Waals surface area contributed by atoms with Crippen molar-refractivity contribution in [1.29, 1.82) is 0 Å². The molecule has 5 heteroatoms. The summed E-state index contributed by atoms with van der Waals surface area (Å²) in [7, 11) is 0. The predicted molar refractivity (Wildman–Crippen MR) is 84.6 cm³/mol. The summed E-state index contributed by atoms with van der Waals surface area (Å²) in [5.41, 5.74) is 2.95.